The SMILES string of the molecule is COc1ccc(Br)cc1CN1CCN(C(=O)COc2ccc(Cl)cc2)CC1. The largest absolute Gasteiger partial charge is 0.496 e. The first-order valence-electron chi connectivity index (χ1n) is 8.76. The average Bonchev–Trinajstić information content (AvgIpc) is 2.68. The van der Waals surface area contributed by atoms with Crippen molar-refractivity contribution in [2.75, 3.05) is 39.9 Å². The van der Waals surface area contributed by atoms with Gasteiger partial charge in [-0.1, -0.05) is 27.5 Å². The summed E-state index contributed by atoms with van der Waals surface area (Å²) in [6.07, 6.45) is 0. The molecule has 0 aromatic heterocycles. The Bertz CT molecular complexity index is 777. The van der Waals surface area contributed by atoms with Crippen LogP contribution in [0, 0.1) is 0 Å². The molecule has 0 saturated carbocycles. The van der Waals surface area contributed by atoms with Crippen LogP contribution < -0.4 is 9.47 Å². The molecule has 0 aliphatic carbocycles. The Morgan fingerprint density at radius 3 is 2.48 bits per heavy atom. The van der Waals surface area contributed by atoms with Gasteiger partial charge in [0.05, 0.1) is 7.11 Å². The Morgan fingerprint density at radius 1 is 1.11 bits per heavy atom. The lowest BCUT2D eigenvalue weighted by molar-refractivity contribution is -0.135. The predicted octanol–water partition coefficient (Wildman–Crippen LogP) is 3.83. The maximum Gasteiger partial charge on any atom is 0.260 e. The zero-order valence-electron chi connectivity index (χ0n) is 15.2. The summed E-state index contributed by atoms with van der Waals surface area (Å²) in [5, 5.41) is 0.645. The third kappa shape index (κ3) is 5.61. The summed E-state index contributed by atoms with van der Waals surface area (Å²) >= 11 is 9.36. The second kappa shape index (κ2) is 9.44. The predicted molar refractivity (Wildman–Crippen MR) is 109 cm³/mol. The van der Waals surface area contributed by atoms with E-state index in [-0.39, 0.29) is 12.5 Å². The molecule has 1 heterocycles. The van der Waals surface area contributed by atoms with Gasteiger partial charge in [-0.05, 0) is 42.5 Å². The molecule has 0 atom stereocenters. The highest BCUT2D eigenvalue weighted by molar-refractivity contribution is 9.10. The summed E-state index contributed by atoms with van der Waals surface area (Å²) in [4.78, 5) is 16.6. The molecule has 7 heteroatoms. The van der Waals surface area contributed by atoms with E-state index in [1.165, 1.54) is 0 Å². The number of rotatable bonds is 6. The van der Waals surface area contributed by atoms with Gasteiger partial charge in [-0.25, -0.2) is 0 Å². The van der Waals surface area contributed by atoms with Crippen LogP contribution in [-0.2, 0) is 11.3 Å². The average molecular weight is 454 g/mol. The van der Waals surface area contributed by atoms with E-state index in [1.807, 2.05) is 17.0 Å². The Balaban J connectivity index is 1.47. The van der Waals surface area contributed by atoms with Gasteiger partial charge in [0.15, 0.2) is 6.61 Å². The fourth-order valence-electron chi connectivity index (χ4n) is 3.03. The molecule has 27 heavy (non-hydrogen) atoms. The van der Waals surface area contributed by atoms with E-state index in [1.54, 1.807) is 31.4 Å². The first-order valence-corrected chi connectivity index (χ1v) is 9.93. The third-order valence-electron chi connectivity index (χ3n) is 4.54. The van der Waals surface area contributed by atoms with Crippen LogP contribution in [-0.4, -0.2) is 55.6 Å². The van der Waals surface area contributed by atoms with Gasteiger partial charge in [-0.15, -0.1) is 0 Å². The van der Waals surface area contributed by atoms with Crippen molar-refractivity contribution in [2.45, 2.75) is 6.54 Å². The third-order valence-corrected chi connectivity index (χ3v) is 5.28. The topological polar surface area (TPSA) is 42.0 Å². The zero-order chi connectivity index (χ0) is 19.2. The highest BCUT2D eigenvalue weighted by atomic mass is 79.9. The number of hydrogen-bond donors (Lipinski definition) is 0. The molecule has 0 radical (unpaired) electrons. The summed E-state index contributed by atoms with van der Waals surface area (Å²) in [6, 6.07) is 13.0. The van der Waals surface area contributed by atoms with Gasteiger partial charge in [0.1, 0.15) is 11.5 Å². The number of benzene rings is 2. The van der Waals surface area contributed by atoms with Crippen LogP contribution in [0.4, 0.5) is 0 Å². The smallest absolute Gasteiger partial charge is 0.260 e. The molecule has 1 aliphatic rings. The molecular formula is C20H22BrClN2O3. The Kier molecular flexibility index (Phi) is 6.99. The molecule has 2 aromatic rings. The number of carbonyl (C=O) groups excluding carboxylic acids is 1. The van der Waals surface area contributed by atoms with Gasteiger partial charge < -0.3 is 14.4 Å². The maximum absolute atomic E-state index is 12.4. The fourth-order valence-corrected chi connectivity index (χ4v) is 3.57. The lowest BCUT2D eigenvalue weighted by Crippen LogP contribution is -2.49. The number of amides is 1. The lowest BCUT2D eigenvalue weighted by atomic mass is 10.1. The number of halogens is 2. The van der Waals surface area contributed by atoms with Crippen molar-refractivity contribution in [3.63, 3.8) is 0 Å². The van der Waals surface area contributed by atoms with Crippen LogP contribution in [0.5, 0.6) is 11.5 Å². The molecule has 3 rings (SSSR count). The fraction of sp³-hybridized carbons (Fsp3) is 0.350. The highest BCUT2D eigenvalue weighted by Gasteiger charge is 2.22. The van der Waals surface area contributed by atoms with Crippen molar-refractivity contribution < 1.29 is 14.3 Å². The molecule has 0 spiro atoms. The van der Waals surface area contributed by atoms with Crippen LogP contribution in [0.25, 0.3) is 0 Å². The molecule has 5 nitrogen and oxygen atoms in total. The van der Waals surface area contributed by atoms with Crippen molar-refractivity contribution in [1.29, 1.82) is 0 Å². The molecule has 1 aliphatic heterocycles. The van der Waals surface area contributed by atoms with Crippen molar-refractivity contribution >= 4 is 33.4 Å². The number of carbonyl (C=O) groups is 1. The van der Waals surface area contributed by atoms with E-state index < -0.39 is 0 Å². The van der Waals surface area contributed by atoms with E-state index in [9.17, 15) is 4.79 Å². The van der Waals surface area contributed by atoms with Gasteiger partial charge >= 0.3 is 0 Å². The minimum absolute atomic E-state index is 0.00429. The summed E-state index contributed by atoms with van der Waals surface area (Å²) in [6.45, 7) is 3.87. The number of piperazine rings is 1. The number of nitrogens with zero attached hydrogens (tertiary/aromatic N) is 2. The van der Waals surface area contributed by atoms with Gasteiger partial charge in [0, 0.05) is 47.8 Å². The normalized spacial score (nSPS) is 14.9. The molecule has 0 unspecified atom stereocenters. The van der Waals surface area contributed by atoms with Gasteiger partial charge in [-0.3, -0.25) is 9.69 Å². The molecule has 0 bridgehead atoms. The summed E-state index contributed by atoms with van der Waals surface area (Å²) in [5.74, 6) is 1.53. The first kappa shape index (κ1) is 20.0. The Morgan fingerprint density at radius 2 is 1.81 bits per heavy atom. The molecule has 144 valence electrons. The van der Waals surface area contributed by atoms with Crippen molar-refractivity contribution in [1.82, 2.24) is 9.80 Å². The van der Waals surface area contributed by atoms with Gasteiger partial charge in [0.25, 0.3) is 5.91 Å². The monoisotopic (exact) mass is 452 g/mol. The second-order valence-corrected chi connectivity index (χ2v) is 7.71. The first-order chi connectivity index (χ1) is 13.0. The summed E-state index contributed by atoms with van der Waals surface area (Å²) < 4.78 is 12.0. The van der Waals surface area contributed by atoms with Gasteiger partial charge in [0.2, 0.25) is 0 Å². The molecule has 1 fully saturated rings. The van der Waals surface area contributed by atoms with Crippen molar-refractivity contribution in [3.8, 4) is 11.5 Å². The van der Waals surface area contributed by atoms with E-state index in [0.29, 0.717) is 23.9 Å². The van der Waals surface area contributed by atoms with Crippen molar-refractivity contribution in [3.05, 3.63) is 57.5 Å². The Labute approximate surface area is 172 Å². The molecule has 2 aromatic carbocycles. The van der Waals surface area contributed by atoms with Crippen LogP contribution in [0.1, 0.15) is 5.56 Å². The molecule has 1 saturated heterocycles. The standard InChI is InChI=1S/C20H22BrClN2O3/c1-26-19-7-2-16(21)12-15(19)13-23-8-10-24(11-9-23)20(25)14-27-18-5-3-17(22)4-6-18/h2-7,12H,8-11,13-14H2,1H3. The maximum atomic E-state index is 12.4. The van der Waals surface area contributed by atoms with Crippen LogP contribution in [0.15, 0.2) is 46.9 Å². The molecule has 0 N–H and O–H groups in total. The summed E-state index contributed by atoms with van der Waals surface area (Å²) in [7, 11) is 1.68. The highest BCUT2D eigenvalue weighted by Crippen LogP contribution is 2.24. The summed E-state index contributed by atoms with van der Waals surface area (Å²) in [5.41, 5.74) is 1.14. The number of hydrogen-bond acceptors (Lipinski definition) is 4. The second-order valence-electron chi connectivity index (χ2n) is 6.36. The van der Waals surface area contributed by atoms with E-state index in [4.69, 9.17) is 21.1 Å². The number of methoxy groups -OCH3 is 1. The van der Waals surface area contributed by atoms with E-state index >= 15 is 0 Å². The Hall–Kier alpha value is -1.76. The lowest BCUT2D eigenvalue weighted by Gasteiger charge is -2.35. The van der Waals surface area contributed by atoms with Crippen molar-refractivity contribution in [2.24, 2.45) is 0 Å². The zero-order valence-corrected chi connectivity index (χ0v) is 17.5. The van der Waals surface area contributed by atoms with E-state index in [0.717, 1.165) is 35.4 Å². The minimum atomic E-state index is 0.00429. The minimum Gasteiger partial charge on any atom is -0.496 e. The molecule has 1 amide bonds. The van der Waals surface area contributed by atoms with Gasteiger partial charge in [-0.2, -0.15) is 0 Å². The molecular weight excluding hydrogens is 432 g/mol. The number of ether oxygens (including phenoxy) is 2. The quantitative estimate of drug-likeness (QED) is 0.666. The van der Waals surface area contributed by atoms with Crippen LogP contribution in [0.3, 0.4) is 0 Å². The van der Waals surface area contributed by atoms with Crippen LogP contribution in [0.2, 0.25) is 5.02 Å². The van der Waals surface area contributed by atoms with Crippen LogP contribution >= 0.6 is 27.5 Å². The van der Waals surface area contributed by atoms with E-state index in [2.05, 4.69) is 26.9 Å².